The van der Waals surface area contributed by atoms with Gasteiger partial charge in [-0.15, -0.1) is 0 Å². The summed E-state index contributed by atoms with van der Waals surface area (Å²) in [7, 11) is 0. The number of halogens is 1. The highest BCUT2D eigenvalue weighted by atomic mass is 79.9. The second-order valence-electron chi connectivity index (χ2n) is 8.04. The van der Waals surface area contributed by atoms with Gasteiger partial charge in [0, 0.05) is 36.6 Å². The summed E-state index contributed by atoms with van der Waals surface area (Å²) in [6.07, 6.45) is 7.38. The Kier molecular flexibility index (Phi) is 5.09. The predicted molar refractivity (Wildman–Crippen MR) is 105 cm³/mol. The molecular formula is C21H27BrN2O2. The lowest BCUT2D eigenvalue weighted by molar-refractivity contribution is -0.146. The third kappa shape index (κ3) is 3.19. The van der Waals surface area contributed by atoms with Crippen molar-refractivity contribution in [3.05, 3.63) is 34.3 Å². The van der Waals surface area contributed by atoms with Crippen molar-refractivity contribution in [1.29, 1.82) is 0 Å². The van der Waals surface area contributed by atoms with Gasteiger partial charge in [-0.25, -0.2) is 0 Å². The minimum Gasteiger partial charge on any atom is -0.339 e. The largest absolute Gasteiger partial charge is 0.339 e. The molecule has 140 valence electrons. The number of piperazine rings is 1. The summed E-state index contributed by atoms with van der Waals surface area (Å²) in [4.78, 5) is 29.9. The normalized spacial score (nSPS) is 23.0. The molecule has 5 heteroatoms. The first-order chi connectivity index (χ1) is 12.6. The molecule has 0 bridgehead atoms. The van der Waals surface area contributed by atoms with Gasteiger partial charge in [-0.2, -0.15) is 0 Å². The van der Waals surface area contributed by atoms with E-state index in [0.717, 1.165) is 48.6 Å². The Morgan fingerprint density at radius 2 is 1.46 bits per heavy atom. The van der Waals surface area contributed by atoms with Crippen LogP contribution in [-0.2, 0) is 15.0 Å². The molecule has 0 aromatic heterocycles. The highest BCUT2D eigenvalue weighted by molar-refractivity contribution is 9.10. The van der Waals surface area contributed by atoms with Gasteiger partial charge in [0.1, 0.15) is 0 Å². The maximum atomic E-state index is 13.5. The molecule has 2 aliphatic carbocycles. The van der Waals surface area contributed by atoms with Crippen molar-refractivity contribution in [2.75, 3.05) is 26.2 Å². The average molecular weight is 419 g/mol. The quantitative estimate of drug-likeness (QED) is 0.749. The maximum absolute atomic E-state index is 13.5. The first kappa shape index (κ1) is 18.0. The number of carbonyl (C=O) groups is 2. The van der Waals surface area contributed by atoms with E-state index in [1.807, 2.05) is 21.9 Å². The molecule has 1 aromatic carbocycles. The third-order valence-electron chi connectivity index (χ3n) is 6.60. The fourth-order valence-corrected chi connectivity index (χ4v) is 4.98. The van der Waals surface area contributed by atoms with Crippen LogP contribution >= 0.6 is 15.9 Å². The summed E-state index contributed by atoms with van der Waals surface area (Å²) in [5.74, 6) is 0.834. The number of benzene rings is 1. The van der Waals surface area contributed by atoms with Crippen LogP contribution in [0.1, 0.15) is 50.5 Å². The lowest BCUT2D eigenvalue weighted by Crippen LogP contribution is -2.56. The van der Waals surface area contributed by atoms with E-state index in [0.29, 0.717) is 32.1 Å². The van der Waals surface area contributed by atoms with Crippen LogP contribution in [-0.4, -0.2) is 47.8 Å². The second kappa shape index (κ2) is 7.34. The van der Waals surface area contributed by atoms with Gasteiger partial charge < -0.3 is 9.80 Å². The van der Waals surface area contributed by atoms with Crippen LogP contribution in [0.5, 0.6) is 0 Å². The number of amides is 2. The minimum absolute atomic E-state index is 0.251. The van der Waals surface area contributed by atoms with E-state index in [4.69, 9.17) is 0 Å². The van der Waals surface area contributed by atoms with Crippen LogP contribution in [0.15, 0.2) is 28.7 Å². The van der Waals surface area contributed by atoms with E-state index in [2.05, 4.69) is 28.1 Å². The van der Waals surface area contributed by atoms with Crippen LogP contribution in [0.2, 0.25) is 0 Å². The first-order valence-electron chi connectivity index (χ1n) is 9.94. The topological polar surface area (TPSA) is 40.6 Å². The minimum atomic E-state index is -0.360. The standard InChI is InChI=1S/C21H27BrN2O2/c22-18-8-6-17(7-9-18)21(10-1-2-11-21)20(26)24-14-12-23(13-15-24)19(25)16-4-3-5-16/h6-9,16H,1-5,10-15H2. The maximum Gasteiger partial charge on any atom is 0.233 e. The van der Waals surface area contributed by atoms with E-state index < -0.39 is 0 Å². The molecule has 4 rings (SSSR count). The van der Waals surface area contributed by atoms with Gasteiger partial charge in [0.15, 0.2) is 0 Å². The fraction of sp³-hybridized carbons (Fsp3) is 0.619. The van der Waals surface area contributed by atoms with Crippen molar-refractivity contribution in [1.82, 2.24) is 9.80 Å². The van der Waals surface area contributed by atoms with Gasteiger partial charge in [0.05, 0.1) is 5.41 Å². The predicted octanol–water partition coefficient (Wildman–Crippen LogP) is 3.73. The molecule has 3 aliphatic rings. The lowest BCUT2D eigenvalue weighted by Gasteiger charge is -2.41. The van der Waals surface area contributed by atoms with Gasteiger partial charge in [0.25, 0.3) is 0 Å². The van der Waals surface area contributed by atoms with Crippen molar-refractivity contribution in [3.63, 3.8) is 0 Å². The zero-order chi connectivity index (χ0) is 18.1. The Hall–Kier alpha value is -1.36. The van der Waals surface area contributed by atoms with E-state index in [-0.39, 0.29) is 17.2 Å². The molecule has 0 N–H and O–H groups in total. The lowest BCUT2D eigenvalue weighted by atomic mass is 9.77. The molecule has 2 amide bonds. The summed E-state index contributed by atoms with van der Waals surface area (Å²) >= 11 is 3.49. The first-order valence-corrected chi connectivity index (χ1v) is 10.7. The molecule has 26 heavy (non-hydrogen) atoms. The van der Waals surface area contributed by atoms with Crippen molar-refractivity contribution in [2.24, 2.45) is 5.92 Å². The Labute approximate surface area is 164 Å². The van der Waals surface area contributed by atoms with Crippen LogP contribution in [0.3, 0.4) is 0 Å². The van der Waals surface area contributed by atoms with Gasteiger partial charge in [0.2, 0.25) is 11.8 Å². The third-order valence-corrected chi connectivity index (χ3v) is 7.12. The molecule has 1 aromatic rings. The van der Waals surface area contributed by atoms with E-state index in [9.17, 15) is 9.59 Å². The van der Waals surface area contributed by atoms with Crippen LogP contribution in [0.4, 0.5) is 0 Å². The molecule has 1 heterocycles. The Morgan fingerprint density at radius 3 is 2.00 bits per heavy atom. The fourth-order valence-electron chi connectivity index (χ4n) is 4.72. The van der Waals surface area contributed by atoms with E-state index >= 15 is 0 Å². The van der Waals surface area contributed by atoms with E-state index in [1.165, 1.54) is 6.42 Å². The van der Waals surface area contributed by atoms with Crippen molar-refractivity contribution >= 4 is 27.7 Å². The van der Waals surface area contributed by atoms with Gasteiger partial charge in [-0.1, -0.05) is 47.3 Å². The summed E-state index contributed by atoms with van der Waals surface area (Å²) in [5.41, 5.74) is 0.789. The molecule has 1 saturated heterocycles. The zero-order valence-electron chi connectivity index (χ0n) is 15.3. The molecule has 2 saturated carbocycles. The van der Waals surface area contributed by atoms with Crippen LogP contribution < -0.4 is 0 Å². The molecule has 0 unspecified atom stereocenters. The number of hydrogen-bond acceptors (Lipinski definition) is 2. The van der Waals surface area contributed by atoms with E-state index in [1.54, 1.807) is 0 Å². The summed E-state index contributed by atoms with van der Waals surface area (Å²) in [6.45, 7) is 2.74. The highest BCUT2D eigenvalue weighted by Gasteiger charge is 2.45. The van der Waals surface area contributed by atoms with Gasteiger partial charge in [-0.05, 0) is 43.4 Å². The SMILES string of the molecule is O=C(C1CCC1)N1CCN(C(=O)C2(c3ccc(Br)cc3)CCCC2)CC1. The highest BCUT2D eigenvalue weighted by Crippen LogP contribution is 2.43. The summed E-state index contributed by atoms with van der Waals surface area (Å²) in [5, 5.41) is 0. The van der Waals surface area contributed by atoms with Crippen molar-refractivity contribution in [3.8, 4) is 0 Å². The van der Waals surface area contributed by atoms with Crippen LogP contribution in [0.25, 0.3) is 0 Å². The van der Waals surface area contributed by atoms with Crippen molar-refractivity contribution in [2.45, 2.75) is 50.4 Å². The second-order valence-corrected chi connectivity index (χ2v) is 8.96. The molecular weight excluding hydrogens is 392 g/mol. The van der Waals surface area contributed by atoms with Gasteiger partial charge in [-0.3, -0.25) is 9.59 Å². The molecule has 4 nitrogen and oxygen atoms in total. The number of nitrogens with zero attached hydrogens (tertiary/aromatic N) is 2. The molecule has 1 aliphatic heterocycles. The monoisotopic (exact) mass is 418 g/mol. The van der Waals surface area contributed by atoms with Crippen molar-refractivity contribution < 1.29 is 9.59 Å². The molecule has 3 fully saturated rings. The Morgan fingerprint density at radius 1 is 0.885 bits per heavy atom. The number of rotatable bonds is 3. The smallest absolute Gasteiger partial charge is 0.233 e. The average Bonchev–Trinajstić information content (AvgIpc) is 3.11. The number of carbonyl (C=O) groups excluding carboxylic acids is 2. The molecule has 0 atom stereocenters. The number of hydrogen-bond donors (Lipinski definition) is 0. The van der Waals surface area contributed by atoms with Crippen LogP contribution in [0, 0.1) is 5.92 Å². The summed E-state index contributed by atoms with van der Waals surface area (Å²) in [6, 6.07) is 8.28. The summed E-state index contributed by atoms with van der Waals surface area (Å²) < 4.78 is 1.05. The zero-order valence-corrected chi connectivity index (χ0v) is 16.8. The Bertz CT molecular complexity index is 670. The molecule has 0 radical (unpaired) electrons. The Balaban J connectivity index is 1.46. The van der Waals surface area contributed by atoms with Gasteiger partial charge >= 0.3 is 0 Å². The molecule has 0 spiro atoms.